The van der Waals surface area contributed by atoms with Crippen molar-refractivity contribution >= 4 is 26.7 Å². The van der Waals surface area contributed by atoms with Crippen LogP contribution >= 0.6 is 0 Å². The van der Waals surface area contributed by atoms with Gasteiger partial charge in [-0.2, -0.15) is 4.31 Å². The van der Waals surface area contributed by atoms with E-state index in [0.29, 0.717) is 18.5 Å². The minimum absolute atomic E-state index is 0.255. The van der Waals surface area contributed by atoms with Gasteiger partial charge in [-0.05, 0) is 52.6 Å². The fourth-order valence-electron chi connectivity index (χ4n) is 3.41. The molecule has 1 heterocycles. The second kappa shape index (κ2) is 6.77. The van der Waals surface area contributed by atoms with E-state index in [0.717, 1.165) is 21.9 Å². The zero-order chi connectivity index (χ0) is 19.0. The SMILES string of the molecule is O=C(NO)c1ccc2c(c1)CCN(S(=O)(=O)c1ccc3ccccc3c1)C2. The number of amides is 1. The zero-order valence-electron chi connectivity index (χ0n) is 14.4. The van der Waals surface area contributed by atoms with Crippen LogP contribution < -0.4 is 5.48 Å². The van der Waals surface area contributed by atoms with Crippen molar-refractivity contribution in [2.75, 3.05) is 6.54 Å². The minimum Gasteiger partial charge on any atom is -0.288 e. The zero-order valence-corrected chi connectivity index (χ0v) is 15.2. The number of nitrogens with one attached hydrogen (secondary N) is 1. The van der Waals surface area contributed by atoms with Crippen molar-refractivity contribution in [3.05, 3.63) is 77.4 Å². The summed E-state index contributed by atoms with van der Waals surface area (Å²) in [5.74, 6) is -0.580. The average molecular weight is 382 g/mol. The van der Waals surface area contributed by atoms with Crippen LogP contribution in [0.25, 0.3) is 10.8 Å². The standard InChI is InChI=1S/C20H18N2O4S/c23-20(21-24)17-5-6-18-13-22(10-9-16(18)11-17)27(25,26)19-8-7-14-3-1-2-4-15(14)12-19/h1-8,11-12,24H,9-10,13H2,(H,21,23). The highest BCUT2D eigenvalue weighted by Gasteiger charge is 2.28. The maximum Gasteiger partial charge on any atom is 0.274 e. The molecule has 0 radical (unpaired) electrons. The molecule has 0 spiro atoms. The molecule has 0 fully saturated rings. The molecule has 0 atom stereocenters. The van der Waals surface area contributed by atoms with E-state index in [9.17, 15) is 13.2 Å². The van der Waals surface area contributed by atoms with Gasteiger partial charge in [0.15, 0.2) is 0 Å². The Morgan fingerprint density at radius 2 is 1.74 bits per heavy atom. The van der Waals surface area contributed by atoms with Gasteiger partial charge in [-0.25, -0.2) is 13.9 Å². The molecule has 4 rings (SSSR count). The van der Waals surface area contributed by atoms with Gasteiger partial charge in [-0.3, -0.25) is 10.0 Å². The van der Waals surface area contributed by atoms with Gasteiger partial charge in [0.05, 0.1) is 4.90 Å². The molecule has 0 unspecified atom stereocenters. The predicted octanol–water partition coefficient (Wildman–Crippen LogP) is 2.71. The molecule has 7 heteroatoms. The summed E-state index contributed by atoms with van der Waals surface area (Å²) >= 11 is 0. The highest BCUT2D eigenvalue weighted by atomic mass is 32.2. The Hall–Kier alpha value is -2.74. The van der Waals surface area contributed by atoms with E-state index in [1.165, 1.54) is 4.31 Å². The smallest absolute Gasteiger partial charge is 0.274 e. The molecule has 138 valence electrons. The lowest BCUT2D eigenvalue weighted by Crippen LogP contribution is -2.36. The number of benzene rings is 3. The maximum atomic E-state index is 13.1. The Bertz CT molecular complexity index is 1140. The molecule has 1 amide bonds. The van der Waals surface area contributed by atoms with E-state index in [2.05, 4.69) is 0 Å². The topological polar surface area (TPSA) is 86.7 Å². The third kappa shape index (κ3) is 3.21. The van der Waals surface area contributed by atoms with Crippen LogP contribution in [0.5, 0.6) is 0 Å². The van der Waals surface area contributed by atoms with Crippen LogP contribution in [0.4, 0.5) is 0 Å². The summed E-state index contributed by atoms with van der Waals surface area (Å²) in [5, 5.41) is 10.6. The second-order valence-corrected chi connectivity index (χ2v) is 8.46. The molecular formula is C20H18N2O4S. The highest BCUT2D eigenvalue weighted by molar-refractivity contribution is 7.89. The molecule has 0 bridgehead atoms. The Balaban J connectivity index is 1.64. The Morgan fingerprint density at radius 1 is 0.963 bits per heavy atom. The summed E-state index contributed by atoms with van der Waals surface area (Å²) in [6.07, 6.45) is 0.509. The van der Waals surface area contributed by atoms with E-state index in [1.807, 2.05) is 30.3 Å². The third-order valence-electron chi connectivity index (χ3n) is 4.91. The van der Waals surface area contributed by atoms with Crippen molar-refractivity contribution in [3.63, 3.8) is 0 Å². The van der Waals surface area contributed by atoms with E-state index >= 15 is 0 Å². The molecule has 0 saturated heterocycles. The van der Waals surface area contributed by atoms with Crippen molar-refractivity contribution in [2.45, 2.75) is 17.9 Å². The molecule has 3 aromatic carbocycles. The van der Waals surface area contributed by atoms with Crippen LogP contribution in [0, 0.1) is 0 Å². The van der Waals surface area contributed by atoms with Gasteiger partial charge in [0, 0.05) is 18.7 Å². The first-order chi connectivity index (χ1) is 13.0. The summed E-state index contributed by atoms with van der Waals surface area (Å²) in [5.41, 5.74) is 3.74. The van der Waals surface area contributed by atoms with Crippen LogP contribution in [0.3, 0.4) is 0 Å². The van der Waals surface area contributed by atoms with Crippen molar-refractivity contribution in [1.29, 1.82) is 0 Å². The molecule has 3 aromatic rings. The fourth-order valence-corrected chi connectivity index (χ4v) is 4.87. The van der Waals surface area contributed by atoms with Gasteiger partial charge >= 0.3 is 0 Å². The molecule has 6 nitrogen and oxygen atoms in total. The van der Waals surface area contributed by atoms with Crippen LogP contribution in [0.1, 0.15) is 21.5 Å². The molecular weight excluding hydrogens is 364 g/mol. The minimum atomic E-state index is -3.61. The van der Waals surface area contributed by atoms with Gasteiger partial charge in [-0.1, -0.05) is 36.4 Å². The molecule has 1 aliphatic rings. The van der Waals surface area contributed by atoms with Crippen molar-refractivity contribution in [3.8, 4) is 0 Å². The monoisotopic (exact) mass is 382 g/mol. The van der Waals surface area contributed by atoms with Crippen LogP contribution in [0.15, 0.2) is 65.6 Å². The predicted molar refractivity (Wildman–Crippen MR) is 101 cm³/mol. The Morgan fingerprint density at radius 3 is 2.52 bits per heavy atom. The second-order valence-electron chi connectivity index (χ2n) is 6.52. The number of fused-ring (bicyclic) bond motifs is 2. The highest BCUT2D eigenvalue weighted by Crippen LogP contribution is 2.27. The van der Waals surface area contributed by atoms with Gasteiger partial charge < -0.3 is 0 Å². The summed E-state index contributed by atoms with van der Waals surface area (Å²) in [6, 6.07) is 17.8. The number of carbonyl (C=O) groups excluding carboxylic acids is 1. The maximum absolute atomic E-state index is 13.1. The number of sulfonamides is 1. The van der Waals surface area contributed by atoms with Crippen LogP contribution in [-0.4, -0.2) is 30.4 Å². The Labute approximate surface area is 157 Å². The van der Waals surface area contributed by atoms with Crippen molar-refractivity contribution in [2.24, 2.45) is 0 Å². The molecule has 2 N–H and O–H groups in total. The number of carbonyl (C=O) groups is 1. The lowest BCUT2D eigenvalue weighted by molar-refractivity contribution is 0.0706. The van der Waals surface area contributed by atoms with Crippen LogP contribution in [0.2, 0.25) is 0 Å². The quantitative estimate of drug-likeness (QED) is 0.539. The summed E-state index contributed by atoms with van der Waals surface area (Å²) in [7, 11) is -3.61. The third-order valence-corrected chi connectivity index (χ3v) is 6.75. The first-order valence-electron chi connectivity index (χ1n) is 8.54. The van der Waals surface area contributed by atoms with E-state index < -0.39 is 15.9 Å². The van der Waals surface area contributed by atoms with Crippen LogP contribution in [-0.2, 0) is 23.0 Å². The lowest BCUT2D eigenvalue weighted by atomic mass is 9.98. The first kappa shape index (κ1) is 17.7. The number of rotatable bonds is 3. The molecule has 0 saturated carbocycles. The molecule has 0 aromatic heterocycles. The summed E-state index contributed by atoms with van der Waals surface area (Å²) in [6.45, 7) is 0.595. The van der Waals surface area contributed by atoms with Gasteiger partial charge in [-0.15, -0.1) is 0 Å². The molecule has 0 aliphatic carbocycles. The molecule has 1 aliphatic heterocycles. The van der Waals surface area contributed by atoms with Crippen molar-refractivity contribution in [1.82, 2.24) is 9.79 Å². The van der Waals surface area contributed by atoms with E-state index in [-0.39, 0.29) is 11.4 Å². The van der Waals surface area contributed by atoms with E-state index in [4.69, 9.17) is 5.21 Å². The van der Waals surface area contributed by atoms with Gasteiger partial charge in [0.25, 0.3) is 5.91 Å². The van der Waals surface area contributed by atoms with Crippen molar-refractivity contribution < 1.29 is 18.4 Å². The number of nitrogens with zero attached hydrogens (tertiary/aromatic N) is 1. The summed E-state index contributed by atoms with van der Waals surface area (Å²) < 4.78 is 27.6. The summed E-state index contributed by atoms with van der Waals surface area (Å²) in [4.78, 5) is 11.8. The first-order valence-corrected chi connectivity index (χ1v) is 9.98. The fraction of sp³-hybridized carbons (Fsp3) is 0.150. The number of hydroxylamine groups is 1. The lowest BCUT2D eigenvalue weighted by Gasteiger charge is -2.28. The normalized spacial score (nSPS) is 14.7. The van der Waals surface area contributed by atoms with Gasteiger partial charge in [0.2, 0.25) is 10.0 Å². The number of hydrogen-bond donors (Lipinski definition) is 2. The number of hydrogen-bond acceptors (Lipinski definition) is 4. The average Bonchev–Trinajstić information content (AvgIpc) is 2.71. The Kier molecular flexibility index (Phi) is 4.43. The van der Waals surface area contributed by atoms with Gasteiger partial charge in [0.1, 0.15) is 0 Å². The molecule has 27 heavy (non-hydrogen) atoms. The largest absolute Gasteiger partial charge is 0.288 e. The van der Waals surface area contributed by atoms with E-state index in [1.54, 1.807) is 35.8 Å².